The Balaban J connectivity index is 2.04. The summed E-state index contributed by atoms with van der Waals surface area (Å²) in [5, 5.41) is 1.71. The van der Waals surface area contributed by atoms with E-state index < -0.39 is 0 Å². The largest absolute Gasteiger partial charge is 0.369 e. The van der Waals surface area contributed by atoms with Crippen molar-refractivity contribution in [2.45, 2.75) is 19.9 Å². The second kappa shape index (κ2) is 4.83. The van der Waals surface area contributed by atoms with Crippen molar-refractivity contribution in [2.24, 2.45) is 0 Å². The molecule has 6 heteroatoms. The van der Waals surface area contributed by atoms with Crippen LogP contribution in [0.4, 0.5) is 5.95 Å². The summed E-state index contributed by atoms with van der Waals surface area (Å²) in [7, 11) is 0. The number of nitrogens with zero attached hydrogens (tertiary/aromatic N) is 3. The molecule has 0 atom stereocenters. The van der Waals surface area contributed by atoms with Gasteiger partial charge < -0.3 is 10.3 Å². The summed E-state index contributed by atoms with van der Waals surface area (Å²) in [6.07, 6.45) is 2.92. The van der Waals surface area contributed by atoms with Gasteiger partial charge in [-0.1, -0.05) is 18.5 Å². The van der Waals surface area contributed by atoms with Gasteiger partial charge in [-0.05, 0) is 24.6 Å². The predicted molar refractivity (Wildman–Crippen MR) is 79.7 cm³/mol. The summed E-state index contributed by atoms with van der Waals surface area (Å²) in [4.78, 5) is 10.0. The molecule has 0 unspecified atom stereocenters. The molecule has 2 N–H and O–H groups in total. The zero-order chi connectivity index (χ0) is 13.4. The highest BCUT2D eigenvalue weighted by molar-refractivity contribution is 7.11. The van der Waals surface area contributed by atoms with Crippen molar-refractivity contribution in [3.63, 3.8) is 0 Å². The Morgan fingerprint density at radius 3 is 3.00 bits per heavy atom. The van der Waals surface area contributed by atoms with Crippen molar-refractivity contribution in [2.75, 3.05) is 5.73 Å². The average Bonchev–Trinajstić information content (AvgIpc) is 2.96. The standard InChI is InChI=1S/C13H13ClN4S/c1-2-9-6-16-12(19-9)7-18-11-5-8(14)3-4-10(11)17-13(18)15/h3-6H,2,7H2,1H3,(H2,15,17). The summed E-state index contributed by atoms with van der Waals surface area (Å²) in [5.74, 6) is 0.491. The zero-order valence-electron chi connectivity index (χ0n) is 10.4. The van der Waals surface area contributed by atoms with Crippen molar-refractivity contribution >= 4 is 39.9 Å². The monoisotopic (exact) mass is 292 g/mol. The van der Waals surface area contributed by atoms with E-state index in [1.54, 1.807) is 11.3 Å². The molecule has 0 aliphatic heterocycles. The van der Waals surface area contributed by atoms with Crippen LogP contribution in [0.1, 0.15) is 16.8 Å². The molecule has 0 aliphatic carbocycles. The fourth-order valence-corrected chi connectivity index (χ4v) is 3.02. The highest BCUT2D eigenvalue weighted by Crippen LogP contribution is 2.24. The summed E-state index contributed by atoms with van der Waals surface area (Å²) in [5.41, 5.74) is 7.77. The van der Waals surface area contributed by atoms with E-state index in [2.05, 4.69) is 16.9 Å². The molecule has 0 fully saturated rings. The lowest BCUT2D eigenvalue weighted by Crippen LogP contribution is -2.04. The van der Waals surface area contributed by atoms with E-state index in [1.807, 2.05) is 29.0 Å². The lowest BCUT2D eigenvalue weighted by Gasteiger charge is -2.03. The Hall–Kier alpha value is -1.59. The number of nitrogens with two attached hydrogens (primary N) is 1. The molecule has 4 nitrogen and oxygen atoms in total. The number of aryl methyl sites for hydroxylation is 1. The highest BCUT2D eigenvalue weighted by Gasteiger charge is 2.10. The highest BCUT2D eigenvalue weighted by atomic mass is 35.5. The number of nitrogen functional groups attached to an aromatic ring is 1. The first-order chi connectivity index (χ1) is 9.17. The molecule has 0 radical (unpaired) electrons. The van der Waals surface area contributed by atoms with Crippen LogP contribution in [-0.4, -0.2) is 14.5 Å². The molecule has 3 aromatic rings. The van der Waals surface area contributed by atoms with Crippen molar-refractivity contribution in [1.29, 1.82) is 0 Å². The maximum absolute atomic E-state index is 6.03. The number of halogens is 1. The Morgan fingerprint density at radius 1 is 1.42 bits per heavy atom. The van der Waals surface area contributed by atoms with Crippen LogP contribution >= 0.6 is 22.9 Å². The van der Waals surface area contributed by atoms with Crippen molar-refractivity contribution < 1.29 is 0 Å². The molecule has 2 aromatic heterocycles. The van der Waals surface area contributed by atoms with E-state index in [0.29, 0.717) is 17.5 Å². The fourth-order valence-electron chi connectivity index (χ4n) is 2.00. The van der Waals surface area contributed by atoms with E-state index in [-0.39, 0.29) is 0 Å². The minimum absolute atomic E-state index is 0.491. The van der Waals surface area contributed by atoms with Crippen LogP contribution in [0.2, 0.25) is 5.02 Å². The van der Waals surface area contributed by atoms with E-state index >= 15 is 0 Å². The van der Waals surface area contributed by atoms with Crippen molar-refractivity contribution in [3.05, 3.63) is 39.3 Å². The Morgan fingerprint density at radius 2 is 2.26 bits per heavy atom. The van der Waals surface area contributed by atoms with E-state index in [4.69, 9.17) is 17.3 Å². The second-order valence-corrected chi connectivity index (χ2v) is 5.90. The third-order valence-corrected chi connectivity index (χ3v) is 4.34. The third kappa shape index (κ3) is 2.31. The van der Waals surface area contributed by atoms with Gasteiger partial charge in [0.05, 0.1) is 17.6 Å². The average molecular weight is 293 g/mol. The molecule has 0 amide bonds. The maximum Gasteiger partial charge on any atom is 0.201 e. The Kier molecular flexibility index (Phi) is 3.16. The van der Waals surface area contributed by atoms with Crippen LogP contribution < -0.4 is 5.73 Å². The lowest BCUT2D eigenvalue weighted by atomic mass is 10.3. The molecular weight excluding hydrogens is 280 g/mol. The molecule has 1 aromatic carbocycles. The molecule has 3 rings (SSSR count). The zero-order valence-corrected chi connectivity index (χ0v) is 12.0. The molecule has 0 saturated carbocycles. The number of thiazole rings is 1. The van der Waals surface area contributed by atoms with Crippen LogP contribution in [0.3, 0.4) is 0 Å². The van der Waals surface area contributed by atoms with Crippen molar-refractivity contribution in [1.82, 2.24) is 14.5 Å². The summed E-state index contributed by atoms with van der Waals surface area (Å²) < 4.78 is 1.94. The molecule has 0 aliphatic rings. The number of rotatable bonds is 3. The number of hydrogen-bond donors (Lipinski definition) is 1. The molecule has 19 heavy (non-hydrogen) atoms. The quantitative estimate of drug-likeness (QED) is 0.805. The minimum atomic E-state index is 0.491. The van der Waals surface area contributed by atoms with Gasteiger partial charge >= 0.3 is 0 Å². The molecule has 0 spiro atoms. The molecule has 0 bridgehead atoms. The number of hydrogen-bond acceptors (Lipinski definition) is 4. The summed E-state index contributed by atoms with van der Waals surface area (Å²) in [6, 6.07) is 5.58. The van der Waals surface area contributed by atoms with Gasteiger partial charge in [0.1, 0.15) is 5.01 Å². The maximum atomic E-state index is 6.03. The Bertz CT molecular complexity index is 731. The summed E-state index contributed by atoms with van der Waals surface area (Å²) >= 11 is 7.74. The van der Waals surface area contributed by atoms with Crippen LogP contribution in [0.5, 0.6) is 0 Å². The SMILES string of the molecule is CCc1cnc(Cn2c(N)nc3ccc(Cl)cc32)s1. The van der Waals surface area contributed by atoms with Gasteiger partial charge in [0.2, 0.25) is 5.95 Å². The predicted octanol–water partition coefficient (Wildman–Crippen LogP) is 3.34. The molecule has 98 valence electrons. The molecular formula is C13H13ClN4S. The normalized spacial score (nSPS) is 11.3. The third-order valence-electron chi connectivity index (χ3n) is 2.98. The van der Waals surface area contributed by atoms with Crippen LogP contribution in [-0.2, 0) is 13.0 Å². The number of fused-ring (bicyclic) bond motifs is 1. The van der Waals surface area contributed by atoms with Crippen molar-refractivity contribution in [3.8, 4) is 0 Å². The van der Waals surface area contributed by atoms with Crippen LogP contribution in [0, 0.1) is 0 Å². The first-order valence-corrected chi connectivity index (χ1v) is 7.21. The van der Waals surface area contributed by atoms with Gasteiger partial charge in [-0.2, -0.15) is 0 Å². The fraction of sp³-hybridized carbons (Fsp3) is 0.231. The van der Waals surface area contributed by atoms with Gasteiger partial charge in [-0.15, -0.1) is 11.3 Å². The molecule has 2 heterocycles. The second-order valence-electron chi connectivity index (χ2n) is 4.26. The van der Waals surface area contributed by atoms with E-state index in [9.17, 15) is 0 Å². The smallest absolute Gasteiger partial charge is 0.201 e. The number of imidazole rings is 1. The van der Waals surface area contributed by atoms with E-state index in [1.165, 1.54) is 4.88 Å². The lowest BCUT2D eigenvalue weighted by molar-refractivity contribution is 0.829. The van der Waals surface area contributed by atoms with Gasteiger partial charge in [0.15, 0.2) is 0 Å². The van der Waals surface area contributed by atoms with E-state index in [0.717, 1.165) is 22.5 Å². The number of aromatic nitrogens is 3. The number of anilines is 1. The number of benzene rings is 1. The molecule has 0 saturated heterocycles. The minimum Gasteiger partial charge on any atom is -0.369 e. The topological polar surface area (TPSA) is 56.7 Å². The van der Waals surface area contributed by atoms with Gasteiger partial charge in [0.25, 0.3) is 0 Å². The Labute approximate surface area is 119 Å². The van der Waals surface area contributed by atoms with Gasteiger partial charge in [-0.25, -0.2) is 9.97 Å². The van der Waals surface area contributed by atoms with Crippen LogP contribution in [0.25, 0.3) is 11.0 Å². The van der Waals surface area contributed by atoms with Gasteiger partial charge in [0, 0.05) is 16.1 Å². The first kappa shape index (κ1) is 12.4. The summed E-state index contributed by atoms with van der Waals surface area (Å²) in [6.45, 7) is 2.76. The van der Waals surface area contributed by atoms with Gasteiger partial charge in [-0.3, -0.25) is 0 Å². The van der Waals surface area contributed by atoms with Crippen LogP contribution in [0.15, 0.2) is 24.4 Å². The first-order valence-electron chi connectivity index (χ1n) is 6.02.